The van der Waals surface area contributed by atoms with Crippen LogP contribution in [0.2, 0.25) is 10.0 Å². The summed E-state index contributed by atoms with van der Waals surface area (Å²) in [5.41, 5.74) is 0.837. The number of ether oxygens (including phenoxy) is 2. The number of rotatable bonds is 9. The third kappa shape index (κ3) is 7.54. The zero-order valence-electron chi connectivity index (χ0n) is 19.6. The predicted molar refractivity (Wildman–Crippen MR) is 135 cm³/mol. The maximum Gasteiger partial charge on any atom is 0.322 e. The van der Waals surface area contributed by atoms with Crippen molar-refractivity contribution >= 4 is 58.1 Å². The first kappa shape index (κ1) is 27.2. The second-order valence-corrected chi connectivity index (χ2v) is 9.68. The van der Waals surface area contributed by atoms with Gasteiger partial charge in [-0.3, -0.25) is 9.59 Å². The number of benzene rings is 1. The summed E-state index contributed by atoms with van der Waals surface area (Å²) in [6.07, 6.45) is 1.14. The average molecular weight is 543 g/mol. The van der Waals surface area contributed by atoms with Crippen LogP contribution in [0.3, 0.4) is 0 Å². The van der Waals surface area contributed by atoms with Gasteiger partial charge in [0, 0.05) is 37.8 Å². The SMILES string of the molecule is CCOC(=O)C1CCN(C(=O)c2csc(CN(CCOC)C(=O)Nc3ccc(Cl)c(Cl)c3)n2)CC1. The smallest absolute Gasteiger partial charge is 0.322 e. The Bertz CT molecular complexity index is 1040. The van der Waals surface area contributed by atoms with E-state index >= 15 is 0 Å². The molecule has 0 spiro atoms. The number of urea groups is 1. The molecule has 1 aliphatic heterocycles. The minimum atomic E-state index is -0.357. The molecule has 12 heteroatoms. The van der Waals surface area contributed by atoms with E-state index in [4.69, 9.17) is 32.7 Å². The lowest BCUT2D eigenvalue weighted by Gasteiger charge is -2.30. The average Bonchev–Trinajstić information content (AvgIpc) is 3.32. The van der Waals surface area contributed by atoms with Gasteiger partial charge in [0.05, 0.1) is 35.7 Å². The van der Waals surface area contributed by atoms with E-state index in [1.165, 1.54) is 11.3 Å². The summed E-state index contributed by atoms with van der Waals surface area (Å²) < 4.78 is 10.2. The molecular weight excluding hydrogens is 515 g/mol. The number of nitrogens with one attached hydrogen (secondary N) is 1. The molecule has 1 aromatic carbocycles. The van der Waals surface area contributed by atoms with E-state index in [2.05, 4.69) is 10.3 Å². The molecule has 2 aromatic rings. The Hall–Kier alpha value is -2.40. The number of halogens is 2. The van der Waals surface area contributed by atoms with E-state index in [0.717, 1.165) is 0 Å². The van der Waals surface area contributed by atoms with Gasteiger partial charge in [-0.2, -0.15) is 0 Å². The second-order valence-electron chi connectivity index (χ2n) is 7.92. The van der Waals surface area contributed by atoms with E-state index in [9.17, 15) is 14.4 Å². The van der Waals surface area contributed by atoms with Gasteiger partial charge < -0.3 is 24.6 Å². The summed E-state index contributed by atoms with van der Waals surface area (Å²) in [5, 5.41) is 5.84. The summed E-state index contributed by atoms with van der Waals surface area (Å²) in [6.45, 7) is 3.95. The highest BCUT2D eigenvalue weighted by Crippen LogP contribution is 2.26. The van der Waals surface area contributed by atoms with Gasteiger partial charge in [-0.1, -0.05) is 23.2 Å². The van der Waals surface area contributed by atoms with Crippen molar-refractivity contribution < 1.29 is 23.9 Å². The molecule has 1 N–H and O–H groups in total. The zero-order valence-corrected chi connectivity index (χ0v) is 21.9. The van der Waals surface area contributed by atoms with Gasteiger partial charge in [-0.05, 0) is 38.0 Å². The highest BCUT2D eigenvalue weighted by Gasteiger charge is 2.29. The number of piperidine rings is 1. The molecule has 0 bridgehead atoms. The second kappa shape index (κ2) is 13.1. The van der Waals surface area contributed by atoms with Crippen LogP contribution in [0, 0.1) is 5.92 Å². The number of thiazole rings is 1. The number of amides is 3. The fraction of sp³-hybridized carbons (Fsp3) is 0.478. The molecule has 1 aromatic heterocycles. The van der Waals surface area contributed by atoms with Crippen LogP contribution in [-0.4, -0.2) is 72.6 Å². The van der Waals surface area contributed by atoms with Crippen molar-refractivity contribution in [2.75, 3.05) is 45.3 Å². The minimum absolute atomic E-state index is 0.173. The Labute approximate surface area is 218 Å². The molecule has 1 aliphatic rings. The van der Waals surface area contributed by atoms with Crippen molar-refractivity contribution in [3.63, 3.8) is 0 Å². The number of likely N-dealkylation sites (tertiary alicyclic amines) is 1. The molecule has 3 amide bonds. The van der Waals surface area contributed by atoms with Crippen LogP contribution in [0.25, 0.3) is 0 Å². The summed E-state index contributed by atoms with van der Waals surface area (Å²) in [7, 11) is 1.56. The zero-order chi connectivity index (χ0) is 25.4. The summed E-state index contributed by atoms with van der Waals surface area (Å²) in [4.78, 5) is 45.5. The number of anilines is 1. The molecule has 35 heavy (non-hydrogen) atoms. The molecule has 9 nitrogen and oxygen atoms in total. The molecule has 1 fully saturated rings. The first-order valence-electron chi connectivity index (χ1n) is 11.2. The van der Waals surface area contributed by atoms with Crippen molar-refractivity contribution in [1.29, 1.82) is 0 Å². The quantitative estimate of drug-likeness (QED) is 0.466. The van der Waals surface area contributed by atoms with Crippen molar-refractivity contribution in [3.8, 4) is 0 Å². The van der Waals surface area contributed by atoms with E-state index in [-0.39, 0.29) is 30.4 Å². The van der Waals surface area contributed by atoms with Gasteiger partial charge in [-0.25, -0.2) is 9.78 Å². The number of hydrogen-bond acceptors (Lipinski definition) is 7. The van der Waals surface area contributed by atoms with Crippen LogP contribution in [0.5, 0.6) is 0 Å². The van der Waals surface area contributed by atoms with Crippen LogP contribution >= 0.6 is 34.5 Å². The van der Waals surface area contributed by atoms with Crippen molar-refractivity contribution in [2.24, 2.45) is 5.92 Å². The fourth-order valence-electron chi connectivity index (χ4n) is 3.62. The van der Waals surface area contributed by atoms with Crippen molar-refractivity contribution in [1.82, 2.24) is 14.8 Å². The van der Waals surface area contributed by atoms with E-state index in [1.54, 1.807) is 47.4 Å². The topological polar surface area (TPSA) is 101 Å². The molecule has 190 valence electrons. The summed E-state index contributed by atoms with van der Waals surface area (Å²) in [6, 6.07) is 4.48. The highest BCUT2D eigenvalue weighted by atomic mass is 35.5. The monoisotopic (exact) mass is 542 g/mol. The lowest BCUT2D eigenvalue weighted by molar-refractivity contribution is -0.149. The van der Waals surface area contributed by atoms with Gasteiger partial charge in [-0.15, -0.1) is 11.3 Å². The largest absolute Gasteiger partial charge is 0.466 e. The van der Waals surface area contributed by atoms with Gasteiger partial charge in [0.15, 0.2) is 0 Å². The Morgan fingerprint density at radius 1 is 1.23 bits per heavy atom. The van der Waals surface area contributed by atoms with Gasteiger partial charge >= 0.3 is 12.0 Å². The molecule has 0 aliphatic carbocycles. The normalized spacial score (nSPS) is 14.0. The van der Waals surface area contributed by atoms with Crippen LogP contribution < -0.4 is 5.32 Å². The van der Waals surface area contributed by atoms with E-state index < -0.39 is 0 Å². The number of aromatic nitrogens is 1. The van der Waals surface area contributed by atoms with Crippen LogP contribution in [0.15, 0.2) is 23.6 Å². The lowest BCUT2D eigenvalue weighted by atomic mass is 9.97. The molecule has 0 saturated carbocycles. The van der Waals surface area contributed by atoms with Gasteiger partial charge in [0.1, 0.15) is 10.7 Å². The third-order valence-electron chi connectivity index (χ3n) is 5.52. The first-order valence-corrected chi connectivity index (χ1v) is 12.9. The Balaban J connectivity index is 1.61. The standard InChI is InChI=1S/C23H28Cl2N4O5S/c1-3-34-22(31)15-6-8-28(9-7-15)21(30)19-14-35-20(27-19)13-29(10-11-33-2)23(32)26-16-4-5-17(24)18(25)12-16/h4-5,12,14-15H,3,6-11,13H2,1-2H3,(H,26,32). The molecule has 3 rings (SSSR count). The molecular formula is C23H28Cl2N4O5S. The van der Waals surface area contributed by atoms with Crippen molar-refractivity contribution in [2.45, 2.75) is 26.3 Å². The fourth-order valence-corrected chi connectivity index (χ4v) is 4.70. The maximum absolute atomic E-state index is 12.9. The number of carbonyl (C=O) groups is 3. The van der Waals surface area contributed by atoms with Gasteiger partial charge in [0.2, 0.25) is 0 Å². The molecule has 2 heterocycles. The number of methoxy groups -OCH3 is 1. The van der Waals surface area contributed by atoms with Crippen LogP contribution in [0.1, 0.15) is 35.3 Å². The minimum Gasteiger partial charge on any atom is -0.466 e. The first-order chi connectivity index (χ1) is 16.8. The van der Waals surface area contributed by atoms with E-state index in [0.29, 0.717) is 72.1 Å². The number of nitrogens with zero attached hydrogens (tertiary/aromatic N) is 3. The van der Waals surface area contributed by atoms with Crippen molar-refractivity contribution in [3.05, 3.63) is 44.3 Å². The molecule has 0 radical (unpaired) electrons. The van der Waals surface area contributed by atoms with Gasteiger partial charge in [0.25, 0.3) is 5.91 Å². The molecule has 0 atom stereocenters. The lowest BCUT2D eigenvalue weighted by Crippen LogP contribution is -2.40. The predicted octanol–water partition coefficient (Wildman–Crippen LogP) is 4.55. The number of esters is 1. The Morgan fingerprint density at radius 3 is 2.63 bits per heavy atom. The number of hydrogen-bond donors (Lipinski definition) is 1. The summed E-state index contributed by atoms with van der Waals surface area (Å²) in [5.74, 6) is -0.558. The highest BCUT2D eigenvalue weighted by molar-refractivity contribution is 7.09. The molecule has 1 saturated heterocycles. The maximum atomic E-state index is 12.9. The summed E-state index contributed by atoms with van der Waals surface area (Å²) >= 11 is 13.3. The van der Waals surface area contributed by atoms with Crippen LogP contribution in [-0.2, 0) is 20.8 Å². The molecule has 0 unspecified atom stereocenters. The third-order valence-corrected chi connectivity index (χ3v) is 7.10. The Morgan fingerprint density at radius 2 is 1.97 bits per heavy atom. The van der Waals surface area contributed by atoms with E-state index in [1.807, 2.05) is 0 Å². The van der Waals surface area contributed by atoms with Crippen LogP contribution in [0.4, 0.5) is 10.5 Å². The number of carbonyl (C=O) groups excluding carboxylic acids is 3. The Kier molecular flexibility index (Phi) is 10.1.